The number of Topliss-reactive ketones (excluding diaryl/α,β-unsaturated/α-hetero) is 1. The molecule has 14 heteroatoms. The Bertz CT molecular complexity index is 1680. The third-order valence-electron chi connectivity index (χ3n) is 5.53. The lowest BCUT2D eigenvalue weighted by Crippen LogP contribution is -2.14. The number of terminal acetylenes is 1. The van der Waals surface area contributed by atoms with Crippen molar-refractivity contribution < 1.29 is 23.9 Å². The summed E-state index contributed by atoms with van der Waals surface area (Å²) in [6, 6.07) is 11.1. The number of aromatic nitrogens is 4. The number of nitrogens with one attached hydrogen (secondary N) is 1. The highest BCUT2D eigenvalue weighted by Crippen LogP contribution is 2.36. The van der Waals surface area contributed by atoms with E-state index < -0.39 is 7.60 Å². The quantitative estimate of drug-likeness (QED) is 0.0600. The molecule has 0 aliphatic carbocycles. The molecule has 0 atom stereocenters. The van der Waals surface area contributed by atoms with Crippen LogP contribution in [-0.4, -0.2) is 53.8 Å². The molecule has 0 saturated heterocycles. The van der Waals surface area contributed by atoms with Crippen molar-refractivity contribution in [2.45, 2.75) is 30.6 Å². The van der Waals surface area contributed by atoms with Crippen molar-refractivity contribution in [1.82, 2.24) is 19.7 Å². The Kier molecular flexibility index (Phi) is 10.1. The van der Waals surface area contributed by atoms with Crippen LogP contribution >= 0.6 is 42.9 Å². The number of nitrogens with zero attached hydrogens (tertiary/aromatic N) is 4. The summed E-state index contributed by atoms with van der Waals surface area (Å²) >= 11 is 8.01. The molecule has 0 aliphatic heterocycles. The number of ether oxygens (including phenoxy) is 1. The lowest BCUT2D eigenvalue weighted by Gasteiger charge is -2.14. The first kappa shape index (κ1) is 29.9. The first-order chi connectivity index (χ1) is 19.1. The molecule has 0 amide bonds. The summed E-state index contributed by atoms with van der Waals surface area (Å²) in [7, 11) is -4.02. The lowest BCUT2D eigenvalue weighted by molar-refractivity contribution is -0.119. The number of benzene rings is 2. The van der Waals surface area contributed by atoms with Crippen LogP contribution in [-0.2, 0) is 22.3 Å². The first-order valence-electron chi connectivity index (χ1n) is 12.2. The van der Waals surface area contributed by atoms with Crippen LogP contribution in [0.15, 0.2) is 47.1 Å². The topological polar surface area (TPSA) is 139 Å². The third kappa shape index (κ3) is 8.20. The summed E-state index contributed by atoms with van der Waals surface area (Å²) in [5.74, 6) is 4.11. The van der Waals surface area contributed by atoms with Gasteiger partial charge in [0.25, 0.3) is 0 Å². The molecule has 208 valence electrons. The van der Waals surface area contributed by atoms with Gasteiger partial charge in [-0.15, -0.1) is 6.42 Å². The summed E-state index contributed by atoms with van der Waals surface area (Å²) in [4.78, 5) is 39.9. The van der Waals surface area contributed by atoms with E-state index in [1.165, 1.54) is 34.1 Å². The molecule has 40 heavy (non-hydrogen) atoms. The van der Waals surface area contributed by atoms with E-state index >= 15 is 0 Å². The van der Waals surface area contributed by atoms with Gasteiger partial charge < -0.3 is 19.8 Å². The molecule has 3 N–H and O–H groups in total. The molecule has 10 nitrogen and oxygen atoms in total. The van der Waals surface area contributed by atoms with Gasteiger partial charge >= 0.3 is 7.60 Å². The second kappa shape index (κ2) is 13.5. The predicted octanol–water partition coefficient (Wildman–Crippen LogP) is 5.21. The highest BCUT2D eigenvalue weighted by molar-refractivity contribution is 8.01. The molecular weight excluding hydrogens is 589 g/mol. The number of hydrogen-bond donors (Lipinski definition) is 3. The van der Waals surface area contributed by atoms with Crippen LogP contribution < -0.4 is 10.1 Å². The standard InChI is InChI=1S/C26H26N5O5PS3/c1-3-17-7-5-8-19(11-17)29-24-21-13-18(23(36-4-2)14-22(21)27-16-28-24)12-20(32)15-31-26(38)40-25(30-31)39-10-6-9-37(33,34)35/h1,5,7-8,11,13-14,16H,4,6,9-10,12,15H2,2H3,(H,27,28,29)(H2,33,34,35). The fourth-order valence-corrected chi connectivity index (χ4v) is 6.92. The van der Waals surface area contributed by atoms with E-state index in [1.807, 2.05) is 37.3 Å². The predicted molar refractivity (Wildman–Crippen MR) is 160 cm³/mol. The highest BCUT2D eigenvalue weighted by Gasteiger charge is 2.17. The van der Waals surface area contributed by atoms with Crippen molar-refractivity contribution in [1.29, 1.82) is 0 Å². The summed E-state index contributed by atoms with van der Waals surface area (Å²) < 4.78 is 19.4. The number of anilines is 2. The van der Waals surface area contributed by atoms with Crippen molar-refractivity contribution in [3.8, 4) is 18.1 Å². The van der Waals surface area contributed by atoms with Crippen LogP contribution in [0.5, 0.6) is 5.75 Å². The van der Waals surface area contributed by atoms with Crippen LogP contribution in [0.2, 0.25) is 0 Å². The molecule has 0 spiro atoms. The highest BCUT2D eigenvalue weighted by atomic mass is 32.2. The number of ketones is 1. The maximum atomic E-state index is 13.1. The minimum atomic E-state index is -4.02. The van der Waals surface area contributed by atoms with E-state index in [9.17, 15) is 9.36 Å². The molecular formula is C26H26N5O5PS3. The fourth-order valence-electron chi connectivity index (χ4n) is 3.79. The van der Waals surface area contributed by atoms with Crippen LogP contribution in [0, 0.1) is 16.3 Å². The molecule has 0 bridgehead atoms. The molecule has 0 radical (unpaired) electrons. The maximum absolute atomic E-state index is 13.1. The lowest BCUT2D eigenvalue weighted by atomic mass is 10.0. The molecule has 0 aliphatic rings. The zero-order chi connectivity index (χ0) is 28.7. The Morgan fingerprint density at radius 2 is 2.12 bits per heavy atom. The van der Waals surface area contributed by atoms with E-state index in [4.69, 9.17) is 33.2 Å². The van der Waals surface area contributed by atoms with Crippen LogP contribution in [0.4, 0.5) is 11.5 Å². The minimum absolute atomic E-state index is 0.0166. The monoisotopic (exact) mass is 615 g/mol. The van der Waals surface area contributed by atoms with Gasteiger partial charge in [0.2, 0.25) is 0 Å². The zero-order valence-electron chi connectivity index (χ0n) is 21.4. The maximum Gasteiger partial charge on any atom is 0.325 e. The molecule has 2 aromatic carbocycles. The Morgan fingerprint density at radius 3 is 2.88 bits per heavy atom. The fraction of sp³-hybridized carbons (Fsp3) is 0.269. The summed E-state index contributed by atoms with van der Waals surface area (Å²) in [6.07, 6.45) is 7.24. The minimum Gasteiger partial charge on any atom is -0.494 e. The molecule has 2 heterocycles. The number of rotatable bonds is 13. The molecule has 0 unspecified atom stereocenters. The van der Waals surface area contributed by atoms with E-state index in [0.29, 0.717) is 49.7 Å². The molecule has 0 fully saturated rings. The number of thioether (sulfide) groups is 1. The van der Waals surface area contributed by atoms with Gasteiger partial charge in [-0.05, 0) is 49.8 Å². The average Bonchev–Trinajstić information content (AvgIpc) is 3.25. The van der Waals surface area contributed by atoms with Gasteiger partial charge in [-0.3, -0.25) is 9.36 Å². The van der Waals surface area contributed by atoms with Gasteiger partial charge in [0, 0.05) is 40.4 Å². The van der Waals surface area contributed by atoms with Crippen molar-refractivity contribution in [2.24, 2.45) is 0 Å². The Hall–Kier alpha value is -3.11. The van der Waals surface area contributed by atoms with Gasteiger partial charge in [0.1, 0.15) is 24.4 Å². The van der Waals surface area contributed by atoms with Gasteiger partial charge in [0.15, 0.2) is 14.1 Å². The average molecular weight is 616 g/mol. The van der Waals surface area contributed by atoms with E-state index in [-0.39, 0.29) is 24.9 Å². The van der Waals surface area contributed by atoms with Crippen LogP contribution in [0.3, 0.4) is 0 Å². The Morgan fingerprint density at radius 1 is 1.30 bits per heavy atom. The van der Waals surface area contributed by atoms with E-state index in [2.05, 4.69) is 26.3 Å². The van der Waals surface area contributed by atoms with Crippen molar-refractivity contribution >= 4 is 71.1 Å². The van der Waals surface area contributed by atoms with Crippen LogP contribution in [0.1, 0.15) is 24.5 Å². The first-order valence-corrected chi connectivity index (χ1v) is 16.2. The van der Waals surface area contributed by atoms with Gasteiger partial charge in [-0.25, -0.2) is 14.6 Å². The Balaban J connectivity index is 1.52. The van der Waals surface area contributed by atoms with Crippen molar-refractivity contribution in [3.63, 3.8) is 0 Å². The smallest absolute Gasteiger partial charge is 0.325 e. The SMILES string of the molecule is C#Cc1cccc(Nc2ncnc3cc(OCC)c(CC(=O)Cn4nc(SCCCP(=O)(O)O)sc4=S)cc23)c1. The summed E-state index contributed by atoms with van der Waals surface area (Å²) in [5.41, 5.74) is 2.85. The normalized spacial score (nSPS) is 11.3. The van der Waals surface area contributed by atoms with Gasteiger partial charge in [-0.2, -0.15) is 5.10 Å². The number of hydrogen-bond acceptors (Lipinski definition) is 10. The second-order valence-corrected chi connectivity index (χ2v) is 13.3. The largest absolute Gasteiger partial charge is 0.494 e. The summed E-state index contributed by atoms with van der Waals surface area (Å²) in [6.45, 7) is 2.27. The van der Waals surface area contributed by atoms with Crippen LogP contribution in [0.25, 0.3) is 10.9 Å². The molecule has 0 saturated carbocycles. The summed E-state index contributed by atoms with van der Waals surface area (Å²) in [5, 5.41) is 8.42. The molecule has 2 aromatic heterocycles. The zero-order valence-corrected chi connectivity index (χ0v) is 24.8. The number of carbonyl (C=O) groups excluding carboxylic acids is 1. The Labute approximate surface area is 244 Å². The number of carbonyl (C=O) groups is 1. The molecule has 4 aromatic rings. The third-order valence-corrected chi connectivity index (χ3v) is 8.96. The number of fused-ring (bicyclic) bond motifs is 1. The van der Waals surface area contributed by atoms with Gasteiger partial charge in [0.05, 0.1) is 18.3 Å². The van der Waals surface area contributed by atoms with Gasteiger partial charge in [-0.1, -0.05) is 35.1 Å². The van der Waals surface area contributed by atoms with E-state index in [0.717, 1.165) is 16.6 Å². The molecule has 4 rings (SSSR count). The van der Waals surface area contributed by atoms with Crippen molar-refractivity contribution in [3.05, 3.63) is 57.8 Å². The van der Waals surface area contributed by atoms with Crippen molar-refractivity contribution in [2.75, 3.05) is 23.8 Å². The second-order valence-electron chi connectivity index (χ2n) is 8.58. The van der Waals surface area contributed by atoms with E-state index in [1.54, 1.807) is 6.07 Å².